The van der Waals surface area contributed by atoms with Gasteiger partial charge in [0.05, 0.1) is 0 Å². The summed E-state index contributed by atoms with van der Waals surface area (Å²) in [6, 6.07) is 21.5. The van der Waals surface area contributed by atoms with E-state index in [9.17, 15) is 14.4 Å². The highest BCUT2D eigenvalue weighted by Crippen LogP contribution is 2.30. The van der Waals surface area contributed by atoms with Crippen LogP contribution in [0.3, 0.4) is 0 Å². The van der Waals surface area contributed by atoms with Crippen molar-refractivity contribution >= 4 is 28.5 Å². The summed E-state index contributed by atoms with van der Waals surface area (Å²) in [5.74, 6) is -0.939. The quantitative estimate of drug-likeness (QED) is 0.507. The van der Waals surface area contributed by atoms with Crippen LogP contribution in [0.2, 0.25) is 0 Å². The molecule has 1 amide bonds. The highest BCUT2D eigenvalue weighted by Gasteiger charge is 2.23. The number of carbonyl (C=O) groups is 2. The number of aromatic nitrogens is 2. The molecule has 0 saturated carbocycles. The van der Waals surface area contributed by atoms with Gasteiger partial charge in [0.15, 0.2) is 6.61 Å². The molecule has 2 aromatic heterocycles. The van der Waals surface area contributed by atoms with Crippen LogP contribution < -0.4 is 10.9 Å². The van der Waals surface area contributed by atoms with Crippen molar-refractivity contribution in [2.24, 2.45) is 7.05 Å². The van der Waals surface area contributed by atoms with Gasteiger partial charge in [-0.1, -0.05) is 54.6 Å². The van der Waals surface area contributed by atoms with Crippen LogP contribution >= 0.6 is 0 Å². The van der Waals surface area contributed by atoms with Crippen molar-refractivity contribution in [3.05, 3.63) is 95.0 Å². The van der Waals surface area contributed by atoms with Crippen LogP contribution in [0, 0.1) is 0 Å². The summed E-state index contributed by atoms with van der Waals surface area (Å²) in [4.78, 5) is 42.1. The van der Waals surface area contributed by atoms with Crippen LogP contribution in [-0.4, -0.2) is 28.0 Å². The maximum atomic E-state index is 13.0. The molecule has 0 aliphatic heterocycles. The molecule has 0 radical (unpaired) electrons. The van der Waals surface area contributed by atoms with Gasteiger partial charge in [-0.2, -0.15) is 0 Å². The molecule has 0 aliphatic carbocycles. The lowest BCUT2D eigenvalue weighted by molar-refractivity contribution is -0.119. The van der Waals surface area contributed by atoms with Crippen LogP contribution in [0.15, 0.2) is 83.8 Å². The number of amides is 1. The molecule has 4 aromatic rings. The van der Waals surface area contributed by atoms with Crippen LogP contribution in [0.4, 0.5) is 5.82 Å². The van der Waals surface area contributed by atoms with Gasteiger partial charge in [0.1, 0.15) is 11.5 Å². The second kappa shape index (κ2) is 8.62. The molecular formula is C24H19N3O4. The molecule has 7 heteroatoms. The molecule has 0 unspecified atom stereocenters. The Hall–Kier alpha value is -4.26. The van der Waals surface area contributed by atoms with Crippen molar-refractivity contribution in [2.75, 3.05) is 11.9 Å². The molecule has 0 fully saturated rings. The largest absolute Gasteiger partial charge is 0.451 e. The Morgan fingerprint density at radius 3 is 2.32 bits per heavy atom. The summed E-state index contributed by atoms with van der Waals surface area (Å²) in [5, 5.41) is 3.69. The maximum Gasteiger partial charge on any atom is 0.356 e. The highest BCUT2D eigenvalue weighted by molar-refractivity contribution is 6.07. The van der Waals surface area contributed by atoms with E-state index in [1.807, 2.05) is 36.4 Å². The number of ether oxygens (including phenoxy) is 1. The third-order valence-electron chi connectivity index (χ3n) is 4.83. The van der Waals surface area contributed by atoms with E-state index < -0.39 is 18.5 Å². The third kappa shape index (κ3) is 4.06. The van der Waals surface area contributed by atoms with Crippen molar-refractivity contribution < 1.29 is 14.3 Å². The number of hydrogen-bond donors (Lipinski definition) is 1. The highest BCUT2D eigenvalue weighted by atomic mass is 16.5. The van der Waals surface area contributed by atoms with E-state index >= 15 is 0 Å². The first-order valence-corrected chi connectivity index (χ1v) is 9.61. The molecule has 4 rings (SSSR count). The molecule has 0 spiro atoms. The molecule has 0 saturated heterocycles. The lowest BCUT2D eigenvalue weighted by Crippen LogP contribution is -2.28. The molecule has 31 heavy (non-hydrogen) atoms. The zero-order valence-corrected chi connectivity index (χ0v) is 16.7. The van der Waals surface area contributed by atoms with E-state index in [4.69, 9.17) is 4.74 Å². The number of anilines is 1. The van der Waals surface area contributed by atoms with Gasteiger partial charge in [0, 0.05) is 24.2 Å². The molecule has 2 aromatic carbocycles. The number of carbonyl (C=O) groups excluding carboxylic acids is 2. The predicted molar refractivity (Wildman–Crippen MR) is 118 cm³/mol. The molecule has 1 N–H and O–H groups in total. The van der Waals surface area contributed by atoms with Crippen molar-refractivity contribution in [1.29, 1.82) is 0 Å². The number of pyridine rings is 2. The number of fused-ring (bicyclic) bond motifs is 1. The number of nitrogens with zero attached hydrogens (tertiary/aromatic N) is 2. The van der Waals surface area contributed by atoms with Crippen molar-refractivity contribution in [3.8, 4) is 11.1 Å². The van der Waals surface area contributed by atoms with E-state index in [2.05, 4.69) is 10.3 Å². The summed E-state index contributed by atoms with van der Waals surface area (Å²) in [6.07, 6.45) is 1.54. The van der Waals surface area contributed by atoms with E-state index in [0.29, 0.717) is 22.2 Å². The van der Waals surface area contributed by atoms with E-state index in [0.717, 1.165) is 5.56 Å². The first-order chi connectivity index (χ1) is 15.1. The summed E-state index contributed by atoms with van der Waals surface area (Å²) < 4.78 is 6.54. The Kier molecular flexibility index (Phi) is 5.57. The SMILES string of the molecule is Cn1c(C(=O)OCC(=O)Nc2ccccn2)c(-c2ccccc2)c2ccccc2c1=O. The topological polar surface area (TPSA) is 90.3 Å². The summed E-state index contributed by atoms with van der Waals surface area (Å²) in [5.41, 5.74) is 1.10. The lowest BCUT2D eigenvalue weighted by atomic mass is 9.97. The first-order valence-electron chi connectivity index (χ1n) is 9.61. The zero-order valence-electron chi connectivity index (χ0n) is 16.7. The summed E-state index contributed by atoms with van der Waals surface area (Å²) >= 11 is 0. The Labute approximate surface area is 177 Å². The second-order valence-electron chi connectivity index (χ2n) is 6.84. The molecule has 154 valence electrons. The number of benzene rings is 2. The van der Waals surface area contributed by atoms with Gasteiger partial charge in [-0.3, -0.25) is 9.59 Å². The third-order valence-corrected chi connectivity index (χ3v) is 4.83. The van der Waals surface area contributed by atoms with Crippen LogP contribution in [0.1, 0.15) is 10.5 Å². The van der Waals surface area contributed by atoms with E-state index in [1.165, 1.54) is 11.6 Å². The summed E-state index contributed by atoms with van der Waals surface area (Å²) in [6.45, 7) is -0.509. The zero-order chi connectivity index (χ0) is 21.8. The average molecular weight is 413 g/mol. The van der Waals surface area contributed by atoms with Crippen molar-refractivity contribution in [3.63, 3.8) is 0 Å². The standard InChI is InChI=1S/C24H19N3O4/c1-27-22(24(30)31-15-20(28)26-19-13-7-8-14-25-19)21(16-9-3-2-4-10-16)17-11-5-6-12-18(17)23(27)29/h2-14H,15H2,1H3,(H,25,26,28). The second-order valence-corrected chi connectivity index (χ2v) is 6.84. The van der Waals surface area contributed by atoms with Crippen LogP contribution in [0.25, 0.3) is 21.9 Å². The normalized spacial score (nSPS) is 10.6. The Balaban J connectivity index is 1.71. The lowest BCUT2D eigenvalue weighted by Gasteiger charge is -2.16. The first kappa shape index (κ1) is 20.0. The Morgan fingerprint density at radius 2 is 1.61 bits per heavy atom. The fraction of sp³-hybridized carbons (Fsp3) is 0.0833. The van der Waals surface area contributed by atoms with Crippen LogP contribution in [0.5, 0.6) is 0 Å². The van der Waals surface area contributed by atoms with Gasteiger partial charge in [-0.25, -0.2) is 9.78 Å². The number of esters is 1. The van der Waals surface area contributed by atoms with Gasteiger partial charge in [-0.15, -0.1) is 0 Å². The van der Waals surface area contributed by atoms with Gasteiger partial charge in [0.2, 0.25) is 0 Å². The van der Waals surface area contributed by atoms with Gasteiger partial charge >= 0.3 is 5.97 Å². The smallest absolute Gasteiger partial charge is 0.356 e. The Morgan fingerprint density at radius 1 is 0.935 bits per heavy atom. The molecule has 0 bridgehead atoms. The predicted octanol–water partition coefficient (Wildman–Crippen LogP) is 3.40. The van der Waals surface area contributed by atoms with Crippen molar-refractivity contribution in [2.45, 2.75) is 0 Å². The summed E-state index contributed by atoms with van der Waals surface area (Å²) in [7, 11) is 1.52. The number of rotatable bonds is 5. The fourth-order valence-corrected chi connectivity index (χ4v) is 3.42. The molecule has 2 heterocycles. The number of hydrogen-bond acceptors (Lipinski definition) is 5. The minimum atomic E-state index is -0.764. The van der Waals surface area contributed by atoms with Crippen LogP contribution in [-0.2, 0) is 16.6 Å². The fourth-order valence-electron chi connectivity index (χ4n) is 3.42. The van der Waals surface area contributed by atoms with Gasteiger partial charge in [-0.05, 0) is 29.1 Å². The minimum Gasteiger partial charge on any atom is -0.451 e. The monoisotopic (exact) mass is 413 g/mol. The minimum absolute atomic E-state index is 0.0838. The molecule has 7 nitrogen and oxygen atoms in total. The molecule has 0 atom stereocenters. The van der Waals surface area contributed by atoms with E-state index in [-0.39, 0.29) is 11.3 Å². The maximum absolute atomic E-state index is 13.0. The van der Waals surface area contributed by atoms with E-state index in [1.54, 1.807) is 42.6 Å². The van der Waals surface area contributed by atoms with Gasteiger partial charge in [0.25, 0.3) is 11.5 Å². The number of nitrogens with one attached hydrogen (secondary N) is 1. The molecular weight excluding hydrogens is 394 g/mol. The average Bonchev–Trinajstić information content (AvgIpc) is 2.81. The van der Waals surface area contributed by atoms with Crippen molar-refractivity contribution in [1.82, 2.24) is 9.55 Å². The Bertz CT molecular complexity index is 1320. The molecule has 0 aliphatic rings. The van der Waals surface area contributed by atoms with Gasteiger partial charge < -0.3 is 14.6 Å².